The van der Waals surface area contributed by atoms with Crippen LogP contribution in [0.2, 0.25) is 5.02 Å². The molecule has 0 radical (unpaired) electrons. The summed E-state index contributed by atoms with van der Waals surface area (Å²) in [7, 11) is 1.45. The summed E-state index contributed by atoms with van der Waals surface area (Å²) in [5.41, 5.74) is 2.05. The summed E-state index contributed by atoms with van der Waals surface area (Å²) < 4.78 is 5.14. The third kappa shape index (κ3) is 5.10. The molecule has 33 heavy (non-hydrogen) atoms. The van der Waals surface area contributed by atoms with Gasteiger partial charge in [-0.25, -0.2) is 4.99 Å². The van der Waals surface area contributed by atoms with Crippen LogP contribution in [0, 0.1) is 0 Å². The second-order valence-corrected chi connectivity index (χ2v) is 8.43. The van der Waals surface area contributed by atoms with Gasteiger partial charge in [0.15, 0.2) is 22.4 Å². The summed E-state index contributed by atoms with van der Waals surface area (Å²) in [6.07, 6.45) is 1.62. The van der Waals surface area contributed by atoms with Crippen molar-refractivity contribution in [3.63, 3.8) is 0 Å². The van der Waals surface area contributed by atoms with Gasteiger partial charge in [0.05, 0.1) is 18.6 Å². The highest BCUT2D eigenvalue weighted by Crippen LogP contribution is 2.31. The Hall–Kier alpha value is -3.55. The lowest BCUT2D eigenvalue weighted by molar-refractivity contribution is -0.113. The maximum Gasteiger partial charge on any atom is 0.283 e. The third-order valence-corrected chi connectivity index (χ3v) is 6.04. The number of thioether (sulfide) groups is 1. The van der Waals surface area contributed by atoms with Gasteiger partial charge in [-0.05, 0) is 60.2 Å². The molecule has 1 N–H and O–H groups in total. The number of rotatable bonds is 6. The zero-order chi connectivity index (χ0) is 23.4. The number of carbonyl (C=O) groups is 2. The number of hydrogen-bond donors (Lipinski definition) is 1. The molecular weight excluding hydrogens is 460 g/mol. The van der Waals surface area contributed by atoms with Gasteiger partial charge in [0.1, 0.15) is 5.70 Å². The monoisotopic (exact) mass is 478 g/mol. The molecule has 0 spiro atoms. The van der Waals surface area contributed by atoms with E-state index in [0.717, 1.165) is 0 Å². The molecule has 0 bridgehead atoms. The minimum absolute atomic E-state index is 0.00349. The molecule has 0 fully saturated rings. The van der Waals surface area contributed by atoms with Crippen molar-refractivity contribution in [1.29, 1.82) is 0 Å². The molecule has 6 nitrogen and oxygen atoms in total. The molecule has 4 rings (SSSR count). The van der Waals surface area contributed by atoms with Crippen molar-refractivity contribution < 1.29 is 19.4 Å². The van der Waals surface area contributed by atoms with Gasteiger partial charge < -0.3 is 9.84 Å². The number of benzene rings is 3. The van der Waals surface area contributed by atoms with Gasteiger partial charge in [-0.3, -0.25) is 14.5 Å². The van der Waals surface area contributed by atoms with E-state index in [9.17, 15) is 14.7 Å². The van der Waals surface area contributed by atoms with Crippen LogP contribution in [0.4, 0.5) is 5.69 Å². The van der Waals surface area contributed by atoms with Crippen molar-refractivity contribution in [2.45, 2.75) is 0 Å². The molecule has 1 aliphatic rings. The number of ketones is 1. The lowest BCUT2D eigenvalue weighted by Crippen LogP contribution is -2.30. The molecule has 1 heterocycles. The predicted octanol–water partition coefficient (Wildman–Crippen LogP) is 5.41. The summed E-state index contributed by atoms with van der Waals surface area (Å²) in [4.78, 5) is 31.9. The molecule has 3 aromatic rings. The lowest BCUT2D eigenvalue weighted by Gasteiger charge is -2.17. The van der Waals surface area contributed by atoms with Gasteiger partial charge in [0.25, 0.3) is 5.91 Å². The molecule has 1 aliphatic heterocycles. The van der Waals surface area contributed by atoms with Crippen LogP contribution in [0.5, 0.6) is 11.5 Å². The van der Waals surface area contributed by atoms with Gasteiger partial charge in [-0.2, -0.15) is 0 Å². The van der Waals surface area contributed by atoms with Crippen molar-refractivity contribution in [1.82, 2.24) is 0 Å². The Morgan fingerprint density at radius 3 is 2.55 bits per heavy atom. The number of anilines is 1. The fourth-order valence-corrected chi connectivity index (χ4v) is 4.22. The maximum atomic E-state index is 13.2. The first kappa shape index (κ1) is 22.6. The van der Waals surface area contributed by atoms with Gasteiger partial charge in [0.2, 0.25) is 0 Å². The fraction of sp³-hybridized carbons (Fsp3) is 0.0800. The van der Waals surface area contributed by atoms with Crippen LogP contribution in [0.3, 0.4) is 0 Å². The number of hydrogen-bond acceptors (Lipinski definition) is 6. The largest absolute Gasteiger partial charge is 0.504 e. The highest BCUT2D eigenvalue weighted by molar-refractivity contribution is 8.14. The predicted molar refractivity (Wildman–Crippen MR) is 132 cm³/mol. The summed E-state index contributed by atoms with van der Waals surface area (Å²) in [6, 6.07) is 20.6. The number of aromatic hydroxyl groups is 1. The Morgan fingerprint density at radius 2 is 1.85 bits per heavy atom. The van der Waals surface area contributed by atoms with E-state index in [-0.39, 0.29) is 28.9 Å². The standard InChI is InChI=1S/C25H19ClN2O4S/c1-32-23-14-16(7-12-21(23)29)13-20-24(31)28(19-5-3-2-4-6-19)25(27-20)33-15-22(30)17-8-10-18(26)11-9-17/h2-14,29H,15H2,1H3/b20-13+. The van der Waals surface area contributed by atoms with E-state index in [1.54, 1.807) is 42.5 Å². The van der Waals surface area contributed by atoms with Gasteiger partial charge in [-0.1, -0.05) is 47.6 Å². The molecule has 0 unspecified atom stereocenters. The zero-order valence-electron chi connectivity index (χ0n) is 17.6. The van der Waals surface area contributed by atoms with E-state index < -0.39 is 0 Å². The molecule has 3 aromatic carbocycles. The number of carbonyl (C=O) groups excluding carboxylic acids is 2. The van der Waals surface area contributed by atoms with Crippen LogP contribution >= 0.6 is 23.4 Å². The van der Waals surface area contributed by atoms with Gasteiger partial charge >= 0.3 is 0 Å². The highest BCUT2D eigenvalue weighted by atomic mass is 35.5. The Morgan fingerprint density at radius 1 is 1.12 bits per heavy atom. The number of phenolic OH excluding ortho intramolecular Hbond substituents is 1. The van der Waals surface area contributed by atoms with E-state index >= 15 is 0 Å². The molecule has 166 valence electrons. The van der Waals surface area contributed by atoms with Gasteiger partial charge in [-0.15, -0.1) is 0 Å². The second kappa shape index (κ2) is 9.94. The number of phenols is 1. The van der Waals surface area contributed by atoms with E-state index in [4.69, 9.17) is 16.3 Å². The first-order valence-corrected chi connectivity index (χ1v) is 11.3. The topological polar surface area (TPSA) is 79.2 Å². The Labute approximate surface area is 200 Å². The van der Waals surface area contributed by atoms with Crippen LogP contribution in [0.15, 0.2) is 83.5 Å². The minimum atomic E-state index is -0.310. The quantitative estimate of drug-likeness (QED) is 0.378. The lowest BCUT2D eigenvalue weighted by atomic mass is 10.1. The number of amidine groups is 1. The average molecular weight is 479 g/mol. The molecule has 0 atom stereocenters. The van der Waals surface area contributed by atoms with E-state index in [1.165, 1.54) is 29.8 Å². The number of nitrogens with zero attached hydrogens (tertiary/aromatic N) is 2. The Bertz CT molecular complexity index is 1260. The number of para-hydroxylation sites is 1. The van der Waals surface area contributed by atoms with E-state index in [1.807, 2.05) is 30.3 Å². The van der Waals surface area contributed by atoms with Crippen molar-refractivity contribution in [3.05, 3.63) is 94.6 Å². The summed E-state index contributed by atoms with van der Waals surface area (Å²) in [5, 5.41) is 10.8. The van der Waals surface area contributed by atoms with Crippen molar-refractivity contribution in [3.8, 4) is 11.5 Å². The molecule has 0 saturated carbocycles. The normalized spacial score (nSPS) is 14.5. The SMILES string of the molecule is COc1cc(/C=C2/N=C(SCC(=O)c3ccc(Cl)cc3)N(c3ccccc3)C2=O)ccc1O. The zero-order valence-corrected chi connectivity index (χ0v) is 19.1. The van der Waals surface area contributed by atoms with Gasteiger partial charge in [0, 0.05) is 10.6 Å². The fourth-order valence-electron chi connectivity index (χ4n) is 3.19. The maximum absolute atomic E-state index is 13.2. The van der Waals surface area contributed by atoms with Crippen molar-refractivity contribution in [2.75, 3.05) is 17.8 Å². The summed E-state index contributed by atoms with van der Waals surface area (Å²) in [6.45, 7) is 0. The van der Waals surface area contributed by atoms with E-state index in [0.29, 0.717) is 32.8 Å². The summed E-state index contributed by atoms with van der Waals surface area (Å²) in [5.74, 6) is -0.00182. The second-order valence-electron chi connectivity index (χ2n) is 7.05. The van der Waals surface area contributed by atoms with E-state index in [2.05, 4.69) is 4.99 Å². The number of ether oxygens (including phenoxy) is 1. The first-order valence-electron chi connectivity index (χ1n) is 9.95. The van der Waals surface area contributed by atoms with Crippen molar-refractivity contribution in [2.24, 2.45) is 4.99 Å². The molecule has 0 aromatic heterocycles. The number of amides is 1. The Balaban J connectivity index is 1.63. The van der Waals surface area contributed by atoms with Crippen LogP contribution < -0.4 is 9.64 Å². The highest BCUT2D eigenvalue weighted by Gasteiger charge is 2.32. The van der Waals surface area contributed by atoms with Crippen LogP contribution in [0.25, 0.3) is 6.08 Å². The molecule has 8 heteroatoms. The molecule has 1 amide bonds. The molecule has 0 aliphatic carbocycles. The van der Waals surface area contributed by atoms with Crippen LogP contribution in [-0.2, 0) is 4.79 Å². The average Bonchev–Trinajstić information content (AvgIpc) is 3.14. The summed E-state index contributed by atoms with van der Waals surface area (Å²) >= 11 is 7.09. The van der Waals surface area contributed by atoms with Crippen LogP contribution in [0.1, 0.15) is 15.9 Å². The smallest absolute Gasteiger partial charge is 0.283 e. The molecule has 0 saturated heterocycles. The van der Waals surface area contributed by atoms with Crippen LogP contribution in [-0.4, -0.2) is 34.8 Å². The number of Topliss-reactive ketones (excluding diaryl/α,β-unsaturated/α-hetero) is 1. The first-order chi connectivity index (χ1) is 16.0. The number of aliphatic imine (C=N–C) groups is 1. The number of methoxy groups -OCH3 is 1. The third-order valence-electron chi connectivity index (χ3n) is 4.85. The number of halogens is 1. The van der Waals surface area contributed by atoms with Crippen molar-refractivity contribution >= 4 is 52.0 Å². The Kier molecular flexibility index (Phi) is 6.82. The molecular formula is C25H19ClN2O4S. The minimum Gasteiger partial charge on any atom is -0.504 e.